The van der Waals surface area contributed by atoms with E-state index in [9.17, 15) is 10.1 Å². The Morgan fingerprint density at radius 1 is 1.67 bits per heavy atom. The van der Waals surface area contributed by atoms with E-state index in [-0.39, 0.29) is 12.0 Å². The van der Waals surface area contributed by atoms with Crippen molar-refractivity contribution >= 4 is 5.88 Å². The monoisotopic (exact) mass is 130 g/mol. The third-order valence-electron chi connectivity index (χ3n) is 0.686. The van der Waals surface area contributed by atoms with E-state index in [1.54, 1.807) is 0 Å². The molecule has 1 aromatic rings. The summed E-state index contributed by atoms with van der Waals surface area (Å²) in [6.45, 7) is 0. The molecule has 0 aliphatic rings. The zero-order chi connectivity index (χ0) is 5.98. The van der Waals surface area contributed by atoms with Crippen LogP contribution in [0.1, 0.15) is 0 Å². The molecule has 0 aliphatic heterocycles. The van der Waals surface area contributed by atoms with E-state index in [1.807, 2.05) is 0 Å². The van der Waals surface area contributed by atoms with Crippen LogP contribution in [0.15, 0.2) is 22.8 Å². The maximum absolute atomic E-state index is 9.77. The van der Waals surface area contributed by atoms with Crippen LogP contribution < -0.4 is 6.15 Å². The van der Waals surface area contributed by atoms with Crippen molar-refractivity contribution in [3.8, 4) is 0 Å². The van der Waals surface area contributed by atoms with Gasteiger partial charge in [0, 0.05) is 0 Å². The third kappa shape index (κ3) is 1.54. The number of furan rings is 1. The second-order valence-corrected chi connectivity index (χ2v) is 1.21. The van der Waals surface area contributed by atoms with Gasteiger partial charge < -0.3 is 10.6 Å². The van der Waals surface area contributed by atoms with E-state index < -0.39 is 4.92 Å². The van der Waals surface area contributed by atoms with Gasteiger partial charge in [0.1, 0.15) is 4.92 Å². The molecular formula is C4H6N2O3. The van der Waals surface area contributed by atoms with Gasteiger partial charge in [0.05, 0.1) is 12.3 Å². The Bertz CT molecular complexity index is 182. The van der Waals surface area contributed by atoms with Crippen molar-refractivity contribution in [1.29, 1.82) is 0 Å². The maximum atomic E-state index is 9.77. The van der Waals surface area contributed by atoms with E-state index in [2.05, 4.69) is 4.42 Å². The van der Waals surface area contributed by atoms with Crippen LogP contribution in [0.3, 0.4) is 0 Å². The van der Waals surface area contributed by atoms with Gasteiger partial charge in [-0.15, -0.1) is 0 Å². The number of hydrogen-bond acceptors (Lipinski definition) is 4. The molecule has 50 valence electrons. The molecule has 0 radical (unpaired) electrons. The number of nitrogens with zero attached hydrogens (tertiary/aromatic N) is 1. The summed E-state index contributed by atoms with van der Waals surface area (Å²) >= 11 is 0. The molecule has 5 nitrogen and oxygen atoms in total. The highest BCUT2D eigenvalue weighted by molar-refractivity contribution is 5.11. The Hall–Kier alpha value is -1.36. The standard InChI is InChI=1S/C4H3NO3.H3N/c6-5(7)4-2-1-3-8-4;/h1-3H;1H3. The molecule has 0 aliphatic carbocycles. The Labute approximate surface area is 51.0 Å². The van der Waals surface area contributed by atoms with Crippen LogP contribution in [0, 0.1) is 10.1 Å². The summed E-state index contributed by atoms with van der Waals surface area (Å²) in [7, 11) is 0. The van der Waals surface area contributed by atoms with Crippen LogP contribution in [-0.4, -0.2) is 4.92 Å². The summed E-state index contributed by atoms with van der Waals surface area (Å²) in [4.78, 5) is 9.19. The molecule has 0 saturated carbocycles. The van der Waals surface area contributed by atoms with E-state index in [4.69, 9.17) is 0 Å². The lowest BCUT2D eigenvalue weighted by molar-refractivity contribution is -0.402. The molecule has 0 aromatic carbocycles. The van der Waals surface area contributed by atoms with Gasteiger partial charge in [-0.1, -0.05) is 0 Å². The van der Waals surface area contributed by atoms with Crippen molar-refractivity contribution in [2.45, 2.75) is 0 Å². The Morgan fingerprint density at radius 2 is 2.33 bits per heavy atom. The van der Waals surface area contributed by atoms with Gasteiger partial charge in [-0.25, -0.2) is 0 Å². The second-order valence-electron chi connectivity index (χ2n) is 1.21. The SMILES string of the molecule is N.O=[N+]([O-])c1ccco1. The summed E-state index contributed by atoms with van der Waals surface area (Å²) in [5.74, 6) is -0.218. The first-order valence-electron chi connectivity index (χ1n) is 1.98. The van der Waals surface area contributed by atoms with Crippen LogP contribution in [0.4, 0.5) is 5.88 Å². The van der Waals surface area contributed by atoms with Crippen LogP contribution in [-0.2, 0) is 0 Å². The topological polar surface area (TPSA) is 91.3 Å². The van der Waals surface area contributed by atoms with Crippen LogP contribution in [0.25, 0.3) is 0 Å². The van der Waals surface area contributed by atoms with E-state index >= 15 is 0 Å². The van der Waals surface area contributed by atoms with E-state index in [0.717, 1.165) is 0 Å². The Kier molecular flexibility index (Phi) is 2.40. The van der Waals surface area contributed by atoms with Crippen molar-refractivity contribution in [3.05, 3.63) is 28.5 Å². The minimum absolute atomic E-state index is 0. The lowest BCUT2D eigenvalue weighted by Crippen LogP contribution is -1.81. The number of nitro groups is 1. The van der Waals surface area contributed by atoms with Gasteiger partial charge in [0.15, 0.2) is 0 Å². The first kappa shape index (κ1) is 7.64. The molecule has 1 heterocycles. The maximum Gasteiger partial charge on any atom is 0.432 e. The Morgan fingerprint density at radius 3 is 2.56 bits per heavy atom. The van der Waals surface area contributed by atoms with Crippen molar-refractivity contribution in [2.75, 3.05) is 0 Å². The number of rotatable bonds is 1. The highest BCUT2D eigenvalue weighted by atomic mass is 16.6. The highest BCUT2D eigenvalue weighted by Gasteiger charge is 2.04. The molecule has 0 bridgehead atoms. The fourth-order valence-corrected chi connectivity index (χ4v) is 0.374. The highest BCUT2D eigenvalue weighted by Crippen LogP contribution is 2.08. The van der Waals surface area contributed by atoms with Crippen molar-refractivity contribution in [1.82, 2.24) is 6.15 Å². The molecule has 0 unspecified atom stereocenters. The molecular weight excluding hydrogens is 124 g/mol. The van der Waals surface area contributed by atoms with Gasteiger partial charge in [-0.3, -0.25) is 10.1 Å². The lowest BCUT2D eigenvalue weighted by atomic mass is 10.6. The molecule has 9 heavy (non-hydrogen) atoms. The lowest BCUT2D eigenvalue weighted by Gasteiger charge is -1.76. The number of hydrogen-bond donors (Lipinski definition) is 1. The fraction of sp³-hybridized carbons (Fsp3) is 0. The summed E-state index contributed by atoms with van der Waals surface area (Å²) in [5, 5.41) is 9.77. The summed E-state index contributed by atoms with van der Waals surface area (Å²) in [5.41, 5.74) is 0. The molecule has 0 amide bonds. The van der Waals surface area contributed by atoms with E-state index in [1.165, 1.54) is 18.4 Å². The predicted octanol–water partition coefficient (Wildman–Crippen LogP) is 1.35. The normalized spacial score (nSPS) is 8.00. The summed E-state index contributed by atoms with van der Waals surface area (Å²) in [6, 6.07) is 2.76. The van der Waals surface area contributed by atoms with E-state index in [0.29, 0.717) is 0 Å². The van der Waals surface area contributed by atoms with Crippen molar-refractivity contribution in [2.24, 2.45) is 0 Å². The molecule has 5 heteroatoms. The molecule has 0 fully saturated rings. The van der Waals surface area contributed by atoms with Crippen molar-refractivity contribution < 1.29 is 9.34 Å². The van der Waals surface area contributed by atoms with Crippen LogP contribution in [0.2, 0.25) is 0 Å². The summed E-state index contributed by atoms with van der Waals surface area (Å²) in [6.07, 6.45) is 1.26. The first-order valence-corrected chi connectivity index (χ1v) is 1.98. The molecule has 0 saturated heterocycles. The van der Waals surface area contributed by atoms with Crippen LogP contribution in [0.5, 0.6) is 0 Å². The zero-order valence-electron chi connectivity index (χ0n) is 4.61. The van der Waals surface area contributed by atoms with Crippen molar-refractivity contribution in [3.63, 3.8) is 0 Å². The van der Waals surface area contributed by atoms with Gasteiger partial charge in [-0.05, 0) is 6.07 Å². The van der Waals surface area contributed by atoms with Crippen LogP contribution >= 0.6 is 0 Å². The quantitative estimate of drug-likeness (QED) is 0.458. The minimum atomic E-state index is -0.583. The fourth-order valence-electron chi connectivity index (χ4n) is 0.374. The first-order chi connectivity index (χ1) is 3.80. The predicted molar refractivity (Wildman–Crippen MR) is 30.4 cm³/mol. The second kappa shape index (κ2) is 2.83. The zero-order valence-corrected chi connectivity index (χ0v) is 4.61. The molecule has 0 atom stereocenters. The summed E-state index contributed by atoms with van der Waals surface area (Å²) < 4.78 is 4.40. The Balaban J connectivity index is 0.000000640. The largest absolute Gasteiger partial charge is 0.432 e. The minimum Gasteiger partial charge on any atom is -0.409 e. The molecule has 1 aromatic heterocycles. The average Bonchev–Trinajstić information content (AvgIpc) is 2.12. The molecule has 0 spiro atoms. The van der Waals surface area contributed by atoms with Gasteiger partial charge in [0.25, 0.3) is 0 Å². The van der Waals surface area contributed by atoms with Gasteiger partial charge in [0.2, 0.25) is 0 Å². The van der Waals surface area contributed by atoms with Gasteiger partial charge in [-0.2, -0.15) is 0 Å². The smallest absolute Gasteiger partial charge is 0.409 e. The average molecular weight is 130 g/mol. The molecule has 3 N–H and O–H groups in total. The third-order valence-corrected chi connectivity index (χ3v) is 0.686. The van der Waals surface area contributed by atoms with Gasteiger partial charge >= 0.3 is 5.88 Å². The molecule has 1 rings (SSSR count).